The second kappa shape index (κ2) is 59.9. The first kappa shape index (κ1) is 68.3. The van der Waals surface area contributed by atoms with Crippen molar-refractivity contribution in [2.24, 2.45) is 0 Å². The van der Waals surface area contributed by atoms with E-state index in [0.717, 1.165) is 57.8 Å². The van der Waals surface area contributed by atoms with Gasteiger partial charge in [-0.05, 0) is 57.8 Å². The fourth-order valence-corrected chi connectivity index (χ4v) is 9.87. The standard InChI is InChI=1S/C64H123NO5/c1-3-5-7-9-11-13-15-17-19-21-23-24-25-26-27-28-29-30-32-34-36-40-44-48-52-56-62(67)61(60-66)65-63(68)57-53-49-45-41-38-39-43-47-51-55-59-70-64(69)58-54-50-46-42-37-35-33-31-22-20-18-16-14-12-10-8-6-4-2/h20,22,52,56,61-62,66-67H,3-19,21,23-51,53-55,57-60H2,1-2H3,(H,65,68)/b22-20-,56-52+. The highest BCUT2D eigenvalue weighted by Crippen LogP contribution is 2.18. The summed E-state index contributed by atoms with van der Waals surface area (Å²) < 4.78 is 5.48. The summed E-state index contributed by atoms with van der Waals surface area (Å²) in [6.45, 7) is 4.88. The molecular formula is C64H123NO5. The minimum Gasteiger partial charge on any atom is -0.466 e. The van der Waals surface area contributed by atoms with Crippen LogP contribution in [0.5, 0.6) is 0 Å². The van der Waals surface area contributed by atoms with Crippen molar-refractivity contribution in [2.75, 3.05) is 13.2 Å². The Kier molecular flexibility index (Phi) is 58.5. The molecule has 0 heterocycles. The molecule has 2 atom stereocenters. The molecule has 1 amide bonds. The van der Waals surface area contributed by atoms with Crippen LogP contribution in [-0.2, 0) is 14.3 Å². The maximum atomic E-state index is 12.5. The van der Waals surface area contributed by atoms with Crippen molar-refractivity contribution >= 4 is 11.9 Å². The Labute approximate surface area is 437 Å². The van der Waals surface area contributed by atoms with Gasteiger partial charge < -0.3 is 20.3 Å². The number of aliphatic hydroxyl groups excluding tert-OH is 2. The molecule has 0 aromatic carbocycles. The SMILES string of the molecule is CCCCCCCCC/C=C\CCCCCCCCCC(=O)OCCCCCCCCCCCCC(=O)NC(CO)C(O)/C=C/CCCCCCCCCCCCCCCCCCCCCCCCC. The number of unbranched alkanes of at least 4 members (excludes halogenated alkanes) is 46. The van der Waals surface area contributed by atoms with Gasteiger partial charge in [0.1, 0.15) is 0 Å². The highest BCUT2D eigenvalue weighted by atomic mass is 16.5. The van der Waals surface area contributed by atoms with Gasteiger partial charge >= 0.3 is 5.97 Å². The number of rotatable bonds is 59. The fourth-order valence-electron chi connectivity index (χ4n) is 9.87. The van der Waals surface area contributed by atoms with Gasteiger partial charge in [-0.15, -0.1) is 0 Å². The van der Waals surface area contributed by atoms with Crippen LogP contribution >= 0.6 is 0 Å². The lowest BCUT2D eigenvalue weighted by Gasteiger charge is -2.20. The summed E-state index contributed by atoms with van der Waals surface area (Å²) in [4.78, 5) is 24.6. The summed E-state index contributed by atoms with van der Waals surface area (Å²) in [5.74, 6) is -0.110. The summed E-state index contributed by atoms with van der Waals surface area (Å²) in [6, 6.07) is -0.646. The molecule has 414 valence electrons. The van der Waals surface area contributed by atoms with E-state index in [1.165, 1.54) is 263 Å². The third kappa shape index (κ3) is 55.7. The topological polar surface area (TPSA) is 95.9 Å². The largest absolute Gasteiger partial charge is 0.466 e. The molecular weight excluding hydrogens is 863 g/mol. The van der Waals surface area contributed by atoms with E-state index in [0.29, 0.717) is 19.4 Å². The monoisotopic (exact) mass is 986 g/mol. The predicted octanol–water partition coefficient (Wildman–Crippen LogP) is 19.8. The van der Waals surface area contributed by atoms with E-state index in [1.807, 2.05) is 6.08 Å². The molecule has 0 saturated carbocycles. The van der Waals surface area contributed by atoms with Gasteiger partial charge in [-0.1, -0.05) is 301 Å². The zero-order chi connectivity index (χ0) is 50.7. The number of esters is 1. The number of carbonyl (C=O) groups excluding carboxylic acids is 2. The van der Waals surface area contributed by atoms with Gasteiger partial charge in [-0.3, -0.25) is 9.59 Å². The van der Waals surface area contributed by atoms with Crippen molar-refractivity contribution in [3.8, 4) is 0 Å². The zero-order valence-corrected chi connectivity index (χ0v) is 47.3. The van der Waals surface area contributed by atoms with Gasteiger partial charge in [0.05, 0.1) is 25.4 Å². The van der Waals surface area contributed by atoms with Gasteiger partial charge in [0.25, 0.3) is 0 Å². The molecule has 0 rings (SSSR count). The lowest BCUT2D eigenvalue weighted by Crippen LogP contribution is -2.45. The molecule has 0 spiro atoms. The van der Waals surface area contributed by atoms with Crippen LogP contribution in [0.1, 0.15) is 348 Å². The highest BCUT2D eigenvalue weighted by Gasteiger charge is 2.18. The number of nitrogens with one attached hydrogen (secondary N) is 1. The van der Waals surface area contributed by atoms with Gasteiger partial charge in [0.15, 0.2) is 0 Å². The molecule has 0 radical (unpaired) electrons. The van der Waals surface area contributed by atoms with Crippen molar-refractivity contribution in [1.82, 2.24) is 5.32 Å². The highest BCUT2D eigenvalue weighted by molar-refractivity contribution is 5.76. The molecule has 0 aromatic heterocycles. The van der Waals surface area contributed by atoms with Crippen LogP contribution in [0.2, 0.25) is 0 Å². The minimum atomic E-state index is -0.861. The van der Waals surface area contributed by atoms with Crippen LogP contribution in [-0.4, -0.2) is 47.4 Å². The van der Waals surface area contributed by atoms with Gasteiger partial charge in [-0.25, -0.2) is 0 Å². The van der Waals surface area contributed by atoms with Gasteiger partial charge in [-0.2, -0.15) is 0 Å². The van der Waals surface area contributed by atoms with Crippen molar-refractivity contribution in [3.05, 3.63) is 24.3 Å². The Morgan fingerprint density at radius 3 is 1.01 bits per heavy atom. The van der Waals surface area contributed by atoms with Crippen LogP contribution in [0.15, 0.2) is 24.3 Å². The number of allylic oxidation sites excluding steroid dienone is 3. The number of hydrogen-bond donors (Lipinski definition) is 3. The summed E-state index contributed by atoms with van der Waals surface area (Å²) >= 11 is 0. The van der Waals surface area contributed by atoms with E-state index < -0.39 is 12.1 Å². The van der Waals surface area contributed by atoms with E-state index >= 15 is 0 Å². The fraction of sp³-hybridized carbons (Fsp3) is 0.906. The number of ether oxygens (including phenoxy) is 1. The van der Waals surface area contributed by atoms with Crippen LogP contribution in [0.3, 0.4) is 0 Å². The predicted molar refractivity (Wildman–Crippen MR) is 306 cm³/mol. The first-order valence-electron chi connectivity index (χ1n) is 31.6. The summed E-state index contributed by atoms with van der Waals surface area (Å²) in [6.07, 6.45) is 73.6. The Bertz CT molecular complexity index is 1090. The molecule has 0 aliphatic heterocycles. The van der Waals surface area contributed by atoms with E-state index in [-0.39, 0.29) is 18.5 Å². The third-order valence-corrected chi connectivity index (χ3v) is 14.7. The Balaban J connectivity index is 3.48. The number of aliphatic hydroxyl groups is 2. The number of carbonyl (C=O) groups is 2. The smallest absolute Gasteiger partial charge is 0.305 e. The normalized spacial score (nSPS) is 12.7. The lowest BCUT2D eigenvalue weighted by atomic mass is 10.0. The van der Waals surface area contributed by atoms with Crippen molar-refractivity contribution < 1.29 is 24.5 Å². The minimum absolute atomic E-state index is 0.0226. The molecule has 6 nitrogen and oxygen atoms in total. The Morgan fingerprint density at radius 1 is 0.386 bits per heavy atom. The average molecular weight is 987 g/mol. The van der Waals surface area contributed by atoms with Crippen LogP contribution < -0.4 is 5.32 Å². The van der Waals surface area contributed by atoms with Crippen molar-refractivity contribution in [3.63, 3.8) is 0 Å². The second-order valence-electron chi connectivity index (χ2n) is 21.7. The Morgan fingerprint density at radius 2 is 0.671 bits per heavy atom. The summed E-state index contributed by atoms with van der Waals surface area (Å²) in [7, 11) is 0. The summed E-state index contributed by atoms with van der Waals surface area (Å²) in [5.41, 5.74) is 0. The van der Waals surface area contributed by atoms with Crippen LogP contribution in [0, 0.1) is 0 Å². The quantitative estimate of drug-likeness (QED) is 0.0321. The summed E-state index contributed by atoms with van der Waals surface area (Å²) in [5, 5.41) is 23.2. The lowest BCUT2D eigenvalue weighted by molar-refractivity contribution is -0.143. The molecule has 0 aliphatic rings. The average Bonchev–Trinajstić information content (AvgIpc) is 3.36. The Hall–Kier alpha value is -1.66. The van der Waals surface area contributed by atoms with Crippen LogP contribution in [0.4, 0.5) is 0 Å². The maximum Gasteiger partial charge on any atom is 0.305 e. The first-order valence-corrected chi connectivity index (χ1v) is 31.6. The molecule has 70 heavy (non-hydrogen) atoms. The van der Waals surface area contributed by atoms with Gasteiger partial charge in [0, 0.05) is 12.8 Å². The molecule has 0 saturated heterocycles. The molecule has 3 N–H and O–H groups in total. The van der Waals surface area contributed by atoms with Gasteiger partial charge in [0.2, 0.25) is 5.91 Å². The molecule has 2 unspecified atom stereocenters. The molecule has 0 aliphatic carbocycles. The zero-order valence-electron chi connectivity index (χ0n) is 47.3. The van der Waals surface area contributed by atoms with E-state index in [4.69, 9.17) is 4.74 Å². The van der Waals surface area contributed by atoms with Crippen LogP contribution in [0.25, 0.3) is 0 Å². The van der Waals surface area contributed by atoms with E-state index in [9.17, 15) is 19.8 Å². The number of hydrogen-bond acceptors (Lipinski definition) is 5. The first-order chi connectivity index (χ1) is 34.5. The molecule has 0 fully saturated rings. The molecule has 0 aromatic rings. The van der Waals surface area contributed by atoms with E-state index in [2.05, 4.69) is 31.3 Å². The second-order valence-corrected chi connectivity index (χ2v) is 21.7. The number of amides is 1. The van der Waals surface area contributed by atoms with Crippen molar-refractivity contribution in [2.45, 2.75) is 360 Å². The molecule has 6 heteroatoms. The third-order valence-electron chi connectivity index (χ3n) is 14.7. The van der Waals surface area contributed by atoms with Crippen molar-refractivity contribution in [1.29, 1.82) is 0 Å². The van der Waals surface area contributed by atoms with E-state index in [1.54, 1.807) is 6.08 Å². The maximum absolute atomic E-state index is 12.5. The molecule has 0 bridgehead atoms.